The lowest BCUT2D eigenvalue weighted by molar-refractivity contribution is -0.102. The maximum atomic E-state index is 12.4. The van der Waals surface area contributed by atoms with E-state index in [0.717, 1.165) is 39.1 Å². The molecule has 8 rings (SSSR count). The highest BCUT2D eigenvalue weighted by Gasteiger charge is 2.39. The molecule has 7 nitrogen and oxygen atoms in total. The fourth-order valence-electron chi connectivity index (χ4n) is 7.45. The number of aromatic nitrogens is 3. The quantitative estimate of drug-likeness (QED) is 0.0371. The molecular weight excluding hydrogens is 711 g/mol. The van der Waals surface area contributed by atoms with Crippen molar-refractivity contribution in [2.24, 2.45) is 5.16 Å². The van der Waals surface area contributed by atoms with E-state index in [-0.39, 0.29) is 12.3 Å². The van der Waals surface area contributed by atoms with Gasteiger partial charge in [0, 0.05) is 18.0 Å². The minimum Gasteiger partial charge on any atom is -0.395 e. The molecule has 2 aromatic heterocycles. The van der Waals surface area contributed by atoms with Gasteiger partial charge in [0.2, 0.25) is 0 Å². The van der Waals surface area contributed by atoms with E-state index in [1.807, 2.05) is 84.5 Å². The molecule has 8 heteroatoms. The predicted octanol–water partition coefficient (Wildman–Crippen LogP) is 9.75. The van der Waals surface area contributed by atoms with Crippen LogP contribution in [0.2, 0.25) is 0 Å². The number of nitrogens with one attached hydrogen (secondary N) is 1. The molecule has 0 radical (unpaired) electrons. The third-order valence-corrected chi connectivity index (χ3v) is 10.8. The number of carbonyl (C=O) groups is 1. The van der Waals surface area contributed by atoms with E-state index < -0.39 is 11.1 Å². The Morgan fingerprint density at radius 2 is 1.07 bits per heavy atom. The summed E-state index contributed by atoms with van der Waals surface area (Å²) in [6, 6.07) is 62.4. The average Bonchev–Trinajstić information content (AvgIpc) is 3.96. The molecule has 0 aliphatic heterocycles. The molecule has 0 saturated carbocycles. The number of hydrogen-bond donors (Lipinski definition) is 1. The second-order valence-electron chi connectivity index (χ2n) is 13.3. The molecule has 274 valence electrons. The molecule has 0 atom stereocenters. The van der Waals surface area contributed by atoms with Crippen molar-refractivity contribution in [1.82, 2.24) is 14.5 Å². The van der Waals surface area contributed by atoms with Crippen LogP contribution in [0.15, 0.2) is 205 Å². The molecule has 0 spiro atoms. The Morgan fingerprint density at radius 3 is 1.50 bits per heavy atom. The highest BCUT2D eigenvalue weighted by Crippen LogP contribution is 2.42. The minimum absolute atomic E-state index is 0.112. The maximum Gasteiger partial charge on any atom is 0.184 e. The van der Waals surface area contributed by atoms with Crippen LogP contribution in [0.3, 0.4) is 0 Å². The van der Waals surface area contributed by atoms with E-state index in [9.17, 15) is 4.79 Å². The van der Waals surface area contributed by atoms with Gasteiger partial charge in [-0.3, -0.25) is 4.79 Å². The number of anilines is 1. The lowest BCUT2D eigenvalue weighted by Gasteiger charge is -2.37. The molecule has 1 N–H and O–H groups in total. The zero-order valence-corrected chi connectivity index (χ0v) is 31.4. The Morgan fingerprint density at radius 1 is 0.643 bits per heavy atom. The van der Waals surface area contributed by atoms with E-state index in [4.69, 9.17) is 14.8 Å². The van der Waals surface area contributed by atoms with Crippen LogP contribution in [0.5, 0.6) is 0 Å². The Kier molecular flexibility index (Phi) is 10.7. The highest BCUT2D eigenvalue weighted by molar-refractivity contribution is 7.14. The van der Waals surface area contributed by atoms with E-state index in [1.54, 1.807) is 0 Å². The van der Waals surface area contributed by atoms with Crippen molar-refractivity contribution in [2.75, 3.05) is 11.9 Å². The van der Waals surface area contributed by atoms with E-state index in [0.29, 0.717) is 23.5 Å². The van der Waals surface area contributed by atoms with Crippen LogP contribution in [0.4, 0.5) is 5.13 Å². The standard InChI is InChI=1S/C48H39N5O2S/c54-34-44(45-35-56-46(50-45)51-47(37-19-7-1-8-20-37,38-21-9-2-10-22-38)39-23-11-3-12-24-39)52-55-32-31-43-33-53(36-49-43)48(40-25-13-4-14-26-40,41-27-15-5-16-28-41)42-29-17-6-18-30-42/h1-30,33-36H,31-32H2,(H,50,51). The van der Waals surface area contributed by atoms with Gasteiger partial charge in [0.1, 0.15) is 23.4 Å². The van der Waals surface area contributed by atoms with Crippen molar-refractivity contribution in [3.05, 3.63) is 245 Å². The lowest BCUT2D eigenvalue weighted by atomic mass is 9.77. The SMILES string of the molecule is O=CC(=NOCCc1cn(C(c2ccccc2)(c2ccccc2)c2ccccc2)cn1)c1csc(NC(c2ccccc2)(c2ccccc2)c2ccccc2)n1. The van der Waals surface area contributed by atoms with Gasteiger partial charge in [0.25, 0.3) is 0 Å². The summed E-state index contributed by atoms with van der Waals surface area (Å²) >= 11 is 1.41. The summed E-state index contributed by atoms with van der Waals surface area (Å²) in [5.74, 6) is 0. The number of carbonyl (C=O) groups excluding carboxylic acids is 1. The molecule has 0 fully saturated rings. The molecule has 0 bridgehead atoms. The van der Waals surface area contributed by atoms with Gasteiger partial charge >= 0.3 is 0 Å². The first kappa shape index (κ1) is 36.1. The first-order valence-electron chi connectivity index (χ1n) is 18.5. The van der Waals surface area contributed by atoms with E-state index >= 15 is 0 Å². The molecule has 0 aliphatic rings. The summed E-state index contributed by atoms with van der Waals surface area (Å²) in [6.07, 6.45) is 5.11. The van der Waals surface area contributed by atoms with E-state index in [2.05, 4.69) is 130 Å². The largest absolute Gasteiger partial charge is 0.395 e. The maximum absolute atomic E-state index is 12.4. The van der Waals surface area contributed by atoms with Gasteiger partial charge in [-0.25, -0.2) is 9.97 Å². The molecule has 0 saturated heterocycles. The number of imidazole rings is 1. The van der Waals surface area contributed by atoms with Gasteiger partial charge < -0.3 is 14.7 Å². The number of hydrogen-bond acceptors (Lipinski definition) is 7. The topological polar surface area (TPSA) is 81.4 Å². The summed E-state index contributed by atoms with van der Waals surface area (Å²) in [5, 5.41) is 10.5. The van der Waals surface area contributed by atoms with Crippen molar-refractivity contribution in [3.63, 3.8) is 0 Å². The Hall–Kier alpha value is -6.90. The molecule has 8 aromatic rings. The van der Waals surface area contributed by atoms with Crippen LogP contribution in [0.1, 0.15) is 44.8 Å². The van der Waals surface area contributed by atoms with Gasteiger partial charge in [-0.05, 0) is 33.4 Å². The number of nitrogens with zero attached hydrogens (tertiary/aromatic N) is 4. The van der Waals surface area contributed by atoms with Crippen molar-refractivity contribution in [2.45, 2.75) is 17.5 Å². The fraction of sp³-hybridized carbons (Fsp3) is 0.0833. The summed E-state index contributed by atoms with van der Waals surface area (Å²) < 4.78 is 2.17. The number of aldehydes is 1. The number of benzene rings is 6. The Balaban J connectivity index is 1.04. The molecule has 0 amide bonds. The zero-order chi connectivity index (χ0) is 38.0. The van der Waals surface area contributed by atoms with Gasteiger partial charge in [-0.2, -0.15) is 0 Å². The third kappa shape index (κ3) is 7.06. The van der Waals surface area contributed by atoms with Crippen molar-refractivity contribution < 1.29 is 9.63 Å². The number of thiazole rings is 1. The zero-order valence-electron chi connectivity index (χ0n) is 30.6. The van der Waals surface area contributed by atoms with Crippen molar-refractivity contribution >= 4 is 28.5 Å². The second-order valence-corrected chi connectivity index (χ2v) is 14.1. The first-order valence-corrected chi connectivity index (χ1v) is 19.4. The number of rotatable bonds is 15. The van der Waals surface area contributed by atoms with Crippen LogP contribution in [0.25, 0.3) is 0 Å². The summed E-state index contributed by atoms with van der Waals surface area (Å²) in [4.78, 5) is 27.8. The molecule has 0 unspecified atom stereocenters. The molecule has 56 heavy (non-hydrogen) atoms. The predicted molar refractivity (Wildman–Crippen MR) is 224 cm³/mol. The van der Waals surface area contributed by atoms with Crippen LogP contribution >= 0.6 is 11.3 Å². The smallest absolute Gasteiger partial charge is 0.184 e. The van der Waals surface area contributed by atoms with Crippen molar-refractivity contribution in [1.29, 1.82) is 0 Å². The lowest BCUT2D eigenvalue weighted by Crippen LogP contribution is -2.38. The van der Waals surface area contributed by atoms with Crippen LogP contribution in [-0.2, 0) is 27.1 Å². The second kappa shape index (κ2) is 16.6. The summed E-state index contributed by atoms with van der Waals surface area (Å²) in [7, 11) is 0. The van der Waals surface area contributed by atoms with Gasteiger partial charge in [-0.15, -0.1) is 11.3 Å². The van der Waals surface area contributed by atoms with Crippen LogP contribution in [0, 0.1) is 0 Å². The van der Waals surface area contributed by atoms with Gasteiger partial charge in [0.05, 0.1) is 12.0 Å². The Labute approximate surface area is 330 Å². The van der Waals surface area contributed by atoms with Crippen LogP contribution in [-0.4, -0.2) is 33.1 Å². The average molecular weight is 750 g/mol. The van der Waals surface area contributed by atoms with Gasteiger partial charge in [-0.1, -0.05) is 187 Å². The first-order chi connectivity index (χ1) is 27.7. The highest BCUT2D eigenvalue weighted by atomic mass is 32.1. The fourth-order valence-corrected chi connectivity index (χ4v) is 8.21. The van der Waals surface area contributed by atoms with E-state index in [1.165, 1.54) is 11.3 Å². The monoisotopic (exact) mass is 749 g/mol. The van der Waals surface area contributed by atoms with Crippen LogP contribution < -0.4 is 5.32 Å². The molecule has 2 heterocycles. The normalized spacial score (nSPS) is 11.9. The third-order valence-electron chi connectivity index (χ3n) is 10.0. The molecule has 0 aliphatic carbocycles. The summed E-state index contributed by atoms with van der Waals surface area (Å²) in [6.45, 7) is 0.220. The molecular formula is C48H39N5O2S. The summed E-state index contributed by atoms with van der Waals surface area (Å²) in [5.41, 5.74) is 6.46. The molecule has 6 aromatic carbocycles. The van der Waals surface area contributed by atoms with Gasteiger partial charge in [0.15, 0.2) is 17.1 Å². The van der Waals surface area contributed by atoms with Crippen molar-refractivity contribution in [3.8, 4) is 0 Å². The Bertz CT molecular complexity index is 2300. The minimum atomic E-state index is -0.754. The number of oxime groups is 1.